The van der Waals surface area contributed by atoms with Crippen LogP contribution in [0.1, 0.15) is 19.3 Å². The zero-order chi connectivity index (χ0) is 31.1. The summed E-state index contributed by atoms with van der Waals surface area (Å²) in [5, 5.41) is 8.87. The van der Waals surface area contributed by atoms with Gasteiger partial charge in [0.25, 0.3) is 0 Å². The number of allylic oxidation sites excluding steroid dienone is 1. The molecule has 0 saturated carbocycles. The van der Waals surface area contributed by atoms with Crippen molar-refractivity contribution in [3.8, 4) is 23.0 Å². The minimum Gasteiger partial charge on any atom is -0.498 e. The maximum absolute atomic E-state index is 15.1. The van der Waals surface area contributed by atoms with Crippen molar-refractivity contribution in [1.82, 2.24) is 15.6 Å². The molecule has 1 aliphatic heterocycles. The molecule has 1 aliphatic carbocycles. The van der Waals surface area contributed by atoms with Crippen molar-refractivity contribution in [2.45, 2.75) is 25.4 Å². The Bertz CT molecular complexity index is 1590. The molecule has 232 valence electrons. The zero-order valence-electron chi connectivity index (χ0n) is 24.8. The number of ether oxygens (including phenoxy) is 5. The Hall–Kier alpha value is -4.68. The number of carbonyl (C=O) groups excluding carboxylic acids is 2. The van der Waals surface area contributed by atoms with E-state index in [4.69, 9.17) is 23.7 Å². The second kappa shape index (κ2) is 14.2. The van der Waals surface area contributed by atoms with Gasteiger partial charge in [-0.3, -0.25) is 14.6 Å². The summed E-state index contributed by atoms with van der Waals surface area (Å²) < 4.78 is 43.3. The molecule has 1 saturated heterocycles. The molecule has 2 amide bonds. The molecule has 3 aromatic rings. The Morgan fingerprint density at radius 1 is 0.955 bits per heavy atom. The van der Waals surface area contributed by atoms with Crippen molar-refractivity contribution in [3.63, 3.8) is 0 Å². The van der Waals surface area contributed by atoms with Gasteiger partial charge in [-0.15, -0.1) is 0 Å². The fourth-order valence-corrected chi connectivity index (χ4v) is 5.05. The van der Waals surface area contributed by atoms with Gasteiger partial charge >= 0.3 is 11.8 Å². The van der Waals surface area contributed by atoms with Gasteiger partial charge in [0.1, 0.15) is 17.6 Å². The molecule has 1 atom stereocenters. The van der Waals surface area contributed by atoms with Crippen LogP contribution in [0.15, 0.2) is 66.2 Å². The molecule has 1 fully saturated rings. The first kappa shape index (κ1) is 30.8. The third-order valence-corrected chi connectivity index (χ3v) is 7.48. The van der Waals surface area contributed by atoms with Crippen LogP contribution in [0.4, 0.5) is 10.1 Å². The number of methoxy groups -OCH3 is 3. The van der Waals surface area contributed by atoms with Crippen LogP contribution in [-0.2, 0) is 19.1 Å². The van der Waals surface area contributed by atoms with Gasteiger partial charge in [0.2, 0.25) is 0 Å². The average Bonchev–Trinajstić information content (AvgIpc) is 3.05. The lowest BCUT2D eigenvalue weighted by atomic mass is 9.99. The van der Waals surface area contributed by atoms with E-state index in [0.29, 0.717) is 58.6 Å². The highest BCUT2D eigenvalue weighted by molar-refractivity contribution is 6.40. The van der Waals surface area contributed by atoms with Gasteiger partial charge in [0, 0.05) is 54.7 Å². The third kappa shape index (κ3) is 7.26. The molecule has 2 aromatic carbocycles. The van der Waals surface area contributed by atoms with Gasteiger partial charge in [-0.2, -0.15) is 0 Å². The normalized spacial score (nSPS) is 16.9. The van der Waals surface area contributed by atoms with E-state index in [2.05, 4.69) is 20.9 Å². The van der Waals surface area contributed by atoms with E-state index in [1.165, 1.54) is 19.2 Å². The first-order valence-electron chi connectivity index (χ1n) is 14.3. The molecule has 12 heteroatoms. The molecule has 11 nitrogen and oxygen atoms in total. The van der Waals surface area contributed by atoms with Gasteiger partial charge in [-0.05, 0) is 56.1 Å². The number of benzene rings is 2. The van der Waals surface area contributed by atoms with Gasteiger partial charge in [0.05, 0.1) is 26.3 Å². The van der Waals surface area contributed by atoms with Crippen LogP contribution in [0.2, 0.25) is 0 Å². The maximum Gasteiger partial charge on any atom is 0.314 e. The largest absolute Gasteiger partial charge is 0.498 e. The first-order chi connectivity index (χ1) is 21.4. The van der Waals surface area contributed by atoms with E-state index in [1.54, 1.807) is 50.8 Å². The molecule has 0 bridgehead atoms. The van der Waals surface area contributed by atoms with Crippen molar-refractivity contribution in [2.75, 3.05) is 46.3 Å². The van der Waals surface area contributed by atoms with Crippen LogP contribution in [0.5, 0.6) is 23.0 Å². The third-order valence-electron chi connectivity index (χ3n) is 7.48. The number of amides is 2. The molecular weight excluding hydrogens is 571 g/mol. The number of nitrogens with one attached hydrogen (secondary N) is 3. The van der Waals surface area contributed by atoms with Crippen LogP contribution in [0.3, 0.4) is 0 Å². The number of aromatic nitrogens is 1. The van der Waals surface area contributed by atoms with E-state index in [1.807, 2.05) is 0 Å². The smallest absolute Gasteiger partial charge is 0.314 e. The van der Waals surface area contributed by atoms with E-state index in [-0.39, 0.29) is 17.5 Å². The number of rotatable bonds is 10. The van der Waals surface area contributed by atoms with Crippen LogP contribution < -0.4 is 30.2 Å². The van der Waals surface area contributed by atoms with Crippen LogP contribution >= 0.6 is 0 Å². The fraction of sp³-hybridized carbons (Fsp3) is 0.344. The Kier molecular flexibility index (Phi) is 9.93. The Labute approximate surface area is 254 Å². The average molecular weight is 607 g/mol. The molecule has 3 N–H and O–H groups in total. The Balaban J connectivity index is 1.25. The lowest BCUT2D eigenvalue weighted by Gasteiger charge is -2.23. The summed E-state index contributed by atoms with van der Waals surface area (Å²) >= 11 is 0. The predicted molar refractivity (Wildman–Crippen MR) is 161 cm³/mol. The quantitative estimate of drug-likeness (QED) is 0.287. The number of hydrogen-bond donors (Lipinski definition) is 3. The fourth-order valence-electron chi connectivity index (χ4n) is 5.05. The van der Waals surface area contributed by atoms with E-state index in [9.17, 15) is 9.59 Å². The molecule has 0 radical (unpaired) electrons. The molecule has 2 aliphatic rings. The van der Waals surface area contributed by atoms with E-state index in [0.717, 1.165) is 32.0 Å². The summed E-state index contributed by atoms with van der Waals surface area (Å²) in [5.41, 5.74) is 1.07. The number of anilines is 1. The monoisotopic (exact) mass is 606 g/mol. The topological polar surface area (TPSA) is 129 Å². The zero-order valence-corrected chi connectivity index (χ0v) is 24.8. The van der Waals surface area contributed by atoms with Gasteiger partial charge in [0.15, 0.2) is 23.1 Å². The SMILES string of the molecule is COC1=CC(NC(=O)C(=O)Nc2ccc(Oc3ccnc4cc(OCC5CCNCC5)c(OC)cc34)c(F)c2)=CCC1OC. The highest BCUT2D eigenvalue weighted by atomic mass is 19.1. The van der Waals surface area contributed by atoms with E-state index < -0.39 is 17.6 Å². The summed E-state index contributed by atoms with van der Waals surface area (Å²) in [5.74, 6) is -0.285. The van der Waals surface area contributed by atoms with Crippen molar-refractivity contribution in [2.24, 2.45) is 5.92 Å². The highest BCUT2D eigenvalue weighted by Gasteiger charge is 2.22. The lowest BCUT2D eigenvalue weighted by molar-refractivity contribution is -0.135. The van der Waals surface area contributed by atoms with Gasteiger partial charge in [-0.1, -0.05) is 6.08 Å². The first-order valence-corrected chi connectivity index (χ1v) is 14.3. The van der Waals surface area contributed by atoms with Crippen LogP contribution in [0, 0.1) is 11.7 Å². The van der Waals surface area contributed by atoms with Crippen molar-refractivity contribution >= 4 is 28.4 Å². The van der Waals surface area contributed by atoms with Gasteiger partial charge < -0.3 is 39.6 Å². The number of piperidine rings is 1. The number of hydrogen-bond acceptors (Lipinski definition) is 9. The Morgan fingerprint density at radius 3 is 2.48 bits per heavy atom. The molecule has 1 unspecified atom stereocenters. The summed E-state index contributed by atoms with van der Waals surface area (Å²) in [6, 6.07) is 9.03. The van der Waals surface area contributed by atoms with Crippen molar-refractivity contribution in [3.05, 3.63) is 72.0 Å². The maximum atomic E-state index is 15.1. The summed E-state index contributed by atoms with van der Waals surface area (Å²) in [6.07, 6.45) is 7.15. The summed E-state index contributed by atoms with van der Waals surface area (Å²) in [4.78, 5) is 29.4. The molecule has 2 heterocycles. The Morgan fingerprint density at radius 2 is 1.75 bits per heavy atom. The summed E-state index contributed by atoms with van der Waals surface area (Å²) in [7, 11) is 4.60. The number of nitrogens with zero attached hydrogens (tertiary/aromatic N) is 1. The summed E-state index contributed by atoms with van der Waals surface area (Å²) in [6.45, 7) is 2.53. The molecule has 5 rings (SSSR count). The van der Waals surface area contributed by atoms with Crippen molar-refractivity contribution < 1.29 is 37.7 Å². The van der Waals surface area contributed by atoms with Crippen LogP contribution in [0.25, 0.3) is 10.9 Å². The van der Waals surface area contributed by atoms with E-state index >= 15 is 4.39 Å². The molecular formula is C32H35FN4O7. The van der Waals surface area contributed by atoms with Gasteiger partial charge in [-0.25, -0.2) is 4.39 Å². The minimum absolute atomic E-state index is 0.0805. The number of halogens is 1. The molecule has 1 aromatic heterocycles. The lowest BCUT2D eigenvalue weighted by Crippen LogP contribution is -2.35. The number of fused-ring (bicyclic) bond motifs is 1. The van der Waals surface area contributed by atoms with Crippen molar-refractivity contribution in [1.29, 1.82) is 0 Å². The molecule has 0 spiro atoms. The minimum atomic E-state index is -0.967. The molecule has 44 heavy (non-hydrogen) atoms. The number of carbonyl (C=O) groups is 2. The second-order valence-electron chi connectivity index (χ2n) is 10.4. The number of pyridine rings is 1. The standard InChI is InChI=1S/C32H35FN4O7/c1-40-27-7-5-21(15-28(27)41-2)37-32(39)31(38)36-20-4-6-26(23(33)14-20)44-25-10-13-35-24-17-30(29(42-3)16-22(24)25)43-18-19-8-11-34-12-9-19/h4-6,10,13-17,19,27,34H,7-9,11-12,18H2,1-3H3,(H,36,38)(H,37,39). The predicted octanol–water partition coefficient (Wildman–Crippen LogP) is 4.44. The van der Waals surface area contributed by atoms with Crippen LogP contribution in [-0.4, -0.2) is 63.9 Å². The highest BCUT2D eigenvalue weighted by Crippen LogP contribution is 2.38. The second-order valence-corrected chi connectivity index (χ2v) is 10.4.